The lowest BCUT2D eigenvalue weighted by atomic mass is 10.1. The first-order valence-electron chi connectivity index (χ1n) is 11.2. The Kier molecular flexibility index (Phi) is 8.63. The Morgan fingerprint density at radius 3 is 2.26 bits per heavy atom. The van der Waals surface area contributed by atoms with E-state index in [0.717, 1.165) is 24.9 Å². The molecule has 9 nitrogen and oxygen atoms in total. The highest BCUT2D eigenvalue weighted by Gasteiger charge is 2.25. The number of amides is 1. The summed E-state index contributed by atoms with van der Waals surface area (Å²) >= 11 is 0. The summed E-state index contributed by atoms with van der Waals surface area (Å²) in [6, 6.07) is 14.9. The van der Waals surface area contributed by atoms with Crippen LogP contribution in [0.2, 0.25) is 0 Å². The first-order chi connectivity index (χ1) is 16.7. The smallest absolute Gasteiger partial charge is 0.349 e. The number of nitrogens with one attached hydrogen (secondary N) is 1. The molecule has 0 radical (unpaired) electrons. The molecule has 35 heavy (non-hydrogen) atoms. The van der Waals surface area contributed by atoms with Gasteiger partial charge in [0, 0.05) is 38.6 Å². The highest BCUT2D eigenvalue weighted by Crippen LogP contribution is 2.22. The highest BCUT2D eigenvalue weighted by molar-refractivity contribution is 7.89. The Bertz CT molecular complexity index is 1220. The van der Waals surface area contributed by atoms with E-state index in [0.29, 0.717) is 24.3 Å². The van der Waals surface area contributed by atoms with Crippen LogP contribution in [0.15, 0.2) is 59.0 Å². The number of hydrogen-bond donors (Lipinski definition) is 1. The topological polar surface area (TPSA) is 120 Å². The summed E-state index contributed by atoms with van der Waals surface area (Å²) in [5, 5.41) is 11.9. The van der Waals surface area contributed by atoms with E-state index in [1.165, 1.54) is 34.6 Å². The van der Waals surface area contributed by atoms with Gasteiger partial charge in [0.1, 0.15) is 11.6 Å². The minimum absolute atomic E-state index is 0.159. The van der Waals surface area contributed by atoms with Crippen molar-refractivity contribution in [2.24, 2.45) is 0 Å². The molecule has 1 N–H and O–H groups in total. The Balaban J connectivity index is 1.55. The molecule has 0 saturated carbocycles. The van der Waals surface area contributed by atoms with E-state index in [1.54, 1.807) is 18.2 Å². The van der Waals surface area contributed by atoms with Crippen molar-refractivity contribution >= 4 is 39.4 Å². The maximum Gasteiger partial charge on any atom is 0.349 e. The number of nitriles is 1. The zero-order valence-electron chi connectivity index (χ0n) is 19.7. The molecule has 184 valence electrons. The molecule has 0 bridgehead atoms. The van der Waals surface area contributed by atoms with Crippen LogP contribution in [-0.2, 0) is 24.3 Å². The van der Waals surface area contributed by atoms with E-state index >= 15 is 0 Å². The number of carbonyl (C=O) groups excluding carboxylic acids is 2. The summed E-state index contributed by atoms with van der Waals surface area (Å²) in [5.74, 6) is -1.53. The maximum absolute atomic E-state index is 12.7. The molecular formula is C25H28N4O5S. The molecule has 0 aliphatic carbocycles. The lowest BCUT2D eigenvalue weighted by Gasteiger charge is -2.25. The zero-order chi connectivity index (χ0) is 25.4. The number of benzene rings is 2. The average molecular weight is 497 g/mol. The van der Waals surface area contributed by atoms with E-state index in [2.05, 4.69) is 5.32 Å². The molecular weight excluding hydrogens is 468 g/mol. The van der Waals surface area contributed by atoms with Crippen LogP contribution in [0, 0.1) is 11.3 Å². The second-order valence-corrected chi connectivity index (χ2v) is 10.2. The fraction of sp³-hybridized carbons (Fsp3) is 0.320. The molecule has 1 heterocycles. The van der Waals surface area contributed by atoms with Crippen LogP contribution in [0.1, 0.15) is 24.8 Å². The molecule has 0 atom stereocenters. The van der Waals surface area contributed by atoms with Crippen molar-refractivity contribution in [3.05, 3.63) is 59.7 Å². The predicted octanol–water partition coefficient (Wildman–Crippen LogP) is 3.02. The van der Waals surface area contributed by atoms with E-state index < -0.39 is 28.5 Å². The third-order valence-electron chi connectivity index (χ3n) is 5.49. The van der Waals surface area contributed by atoms with Gasteiger partial charge in [0.05, 0.1) is 4.90 Å². The summed E-state index contributed by atoms with van der Waals surface area (Å²) in [5.41, 5.74) is 1.74. The van der Waals surface area contributed by atoms with Crippen molar-refractivity contribution in [1.82, 2.24) is 4.31 Å². The van der Waals surface area contributed by atoms with Gasteiger partial charge in [0.15, 0.2) is 6.61 Å². The van der Waals surface area contributed by atoms with Crippen molar-refractivity contribution in [2.75, 3.05) is 44.0 Å². The van der Waals surface area contributed by atoms with Crippen LogP contribution in [0.3, 0.4) is 0 Å². The lowest BCUT2D eigenvalue weighted by molar-refractivity contribution is -0.142. The number of piperidine rings is 1. The third kappa shape index (κ3) is 6.91. The summed E-state index contributed by atoms with van der Waals surface area (Å²) < 4.78 is 31.9. The standard InChI is InChI=1S/C25H28N4O5S/c1-28(2)22-10-6-19(7-11-22)16-20(17-26)25(31)34-18-24(30)27-21-8-12-23(13-9-21)35(32,33)29-14-4-3-5-15-29/h6-13,16H,3-5,14-15,18H2,1-2H3,(H,27,30)/b20-16-. The maximum atomic E-state index is 12.7. The quantitative estimate of drug-likeness (QED) is 0.339. The van der Waals surface area contributed by atoms with Crippen LogP contribution in [0.4, 0.5) is 11.4 Å². The molecule has 10 heteroatoms. The number of nitrogens with zero attached hydrogens (tertiary/aromatic N) is 3. The van der Waals surface area contributed by atoms with Gasteiger partial charge in [-0.1, -0.05) is 18.6 Å². The number of esters is 1. The summed E-state index contributed by atoms with van der Waals surface area (Å²) in [6.45, 7) is 0.421. The van der Waals surface area contributed by atoms with Crippen LogP contribution in [0.25, 0.3) is 6.08 Å². The van der Waals surface area contributed by atoms with Crippen LogP contribution < -0.4 is 10.2 Å². The molecule has 3 rings (SSSR count). The second kappa shape index (κ2) is 11.6. The third-order valence-corrected chi connectivity index (χ3v) is 7.40. The molecule has 0 unspecified atom stereocenters. The molecule has 1 aliphatic rings. The molecule has 2 aromatic rings. The minimum atomic E-state index is -3.56. The first-order valence-corrected chi connectivity index (χ1v) is 12.6. The fourth-order valence-corrected chi connectivity index (χ4v) is 5.06. The molecule has 1 saturated heterocycles. The first kappa shape index (κ1) is 25.9. The van der Waals surface area contributed by atoms with Gasteiger partial charge < -0.3 is 15.0 Å². The average Bonchev–Trinajstić information content (AvgIpc) is 2.87. The van der Waals surface area contributed by atoms with E-state index in [4.69, 9.17) is 4.74 Å². The van der Waals surface area contributed by atoms with Crippen LogP contribution in [0.5, 0.6) is 0 Å². The number of anilines is 2. The van der Waals surface area contributed by atoms with Gasteiger partial charge in [-0.2, -0.15) is 9.57 Å². The molecule has 1 aliphatic heterocycles. The van der Waals surface area contributed by atoms with Gasteiger partial charge in [-0.3, -0.25) is 4.79 Å². The van der Waals surface area contributed by atoms with Crippen molar-refractivity contribution in [3.63, 3.8) is 0 Å². The van der Waals surface area contributed by atoms with Gasteiger partial charge in [-0.25, -0.2) is 13.2 Å². The van der Waals surface area contributed by atoms with E-state index in [-0.39, 0.29) is 10.5 Å². The number of rotatable bonds is 8. The highest BCUT2D eigenvalue weighted by atomic mass is 32.2. The Hall–Kier alpha value is -3.68. The second-order valence-electron chi connectivity index (χ2n) is 8.27. The zero-order valence-corrected chi connectivity index (χ0v) is 20.5. The van der Waals surface area contributed by atoms with Gasteiger partial charge in [0.25, 0.3) is 5.91 Å². The monoisotopic (exact) mass is 496 g/mol. The van der Waals surface area contributed by atoms with E-state index in [1.807, 2.05) is 31.1 Å². The largest absolute Gasteiger partial charge is 0.451 e. The Morgan fingerprint density at radius 1 is 1.06 bits per heavy atom. The fourth-order valence-electron chi connectivity index (χ4n) is 3.54. The van der Waals surface area contributed by atoms with Gasteiger partial charge in [-0.05, 0) is 60.9 Å². The van der Waals surface area contributed by atoms with Gasteiger partial charge in [0.2, 0.25) is 10.0 Å². The number of carbonyl (C=O) groups is 2. The number of hydrogen-bond acceptors (Lipinski definition) is 7. The Labute approximate surface area is 205 Å². The SMILES string of the molecule is CN(C)c1ccc(/C=C(/C#N)C(=O)OCC(=O)Nc2ccc(S(=O)(=O)N3CCCCC3)cc2)cc1. The van der Waals surface area contributed by atoms with Crippen molar-refractivity contribution in [1.29, 1.82) is 5.26 Å². The molecule has 2 aromatic carbocycles. The van der Waals surface area contributed by atoms with E-state index in [9.17, 15) is 23.3 Å². The molecule has 1 fully saturated rings. The van der Waals surface area contributed by atoms with Crippen molar-refractivity contribution < 1.29 is 22.7 Å². The van der Waals surface area contributed by atoms with Crippen LogP contribution >= 0.6 is 0 Å². The van der Waals surface area contributed by atoms with Crippen LogP contribution in [-0.4, -0.2) is 58.4 Å². The van der Waals surface area contributed by atoms with Gasteiger partial charge >= 0.3 is 5.97 Å². The van der Waals surface area contributed by atoms with Gasteiger partial charge in [-0.15, -0.1) is 0 Å². The number of ether oxygens (including phenoxy) is 1. The predicted molar refractivity (Wildman–Crippen MR) is 133 cm³/mol. The summed E-state index contributed by atoms with van der Waals surface area (Å²) in [4.78, 5) is 26.5. The summed E-state index contributed by atoms with van der Waals surface area (Å²) in [6.07, 6.45) is 4.10. The lowest BCUT2D eigenvalue weighted by Crippen LogP contribution is -2.35. The minimum Gasteiger partial charge on any atom is -0.451 e. The molecule has 1 amide bonds. The van der Waals surface area contributed by atoms with Crippen molar-refractivity contribution in [3.8, 4) is 6.07 Å². The Morgan fingerprint density at radius 2 is 1.69 bits per heavy atom. The van der Waals surface area contributed by atoms with Crippen molar-refractivity contribution in [2.45, 2.75) is 24.2 Å². The molecule has 0 spiro atoms. The molecule has 0 aromatic heterocycles. The number of sulfonamides is 1. The normalized spacial score (nSPS) is 14.6. The summed E-state index contributed by atoms with van der Waals surface area (Å²) in [7, 11) is 0.244.